The topological polar surface area (TPSA) is 42.0 Å². The molecule has 0 saturated heterocycles. The number of hydrogen-bond donors (Lipinski definition) is 1. The van der Waals surface area contributed by atoms with Crippen molar-refractivity contribution < 1.29 is 4.79 Å². The molecule has 3 aromatic rings. The van der Waals surface area contributed by atoms with Crippen LogP contribution in [0, 0.1) is 5.92 Å². The third-order valence-corrected chi connectivity index (χ3v) is 6.98. The number of carbonyl (C=O) groups is 1. The van der Waals surface area contributed by atoms with Gasteiger partial charge >= 0.3 is 0 Å². The Morgan fingerprint density at radius 2 is 2.08 bits per heavy atom. The van der Waals surface area contributed by atoms with Crippen LogP contribution >= 0.6 is 22.7 Å². The molecule has 4 rings (SSSR count). The van der Waals surface area contributed by atoms with Crippen LogP contribution in [0.2, 0.25) is 0 Å². The van der Waals surface area contributed by atoms with E-state index in [1.807, 2.05) is 5.38 Å². The molecule has 0 spiro atoms. The van der Waals surface area contributed by atoms with Gasteiger partial charge in [-0.1, -0.05) is 50.3 Å². The molecule has 5 heteroatoms. The Balaban J connectivity index is 1.60. The van der Waals surface area contributed by atoms with Crippen LogP contribution in [-0.4, -0.2) is 10.9 Å². The molecule has 1 aliphatic carbocycles. The van der Waals surface area contributed by atoms with Gasteiger partial charge in [0.25, 0.3) is 0 Å². The molecule has 1 N–H and O–H groups in total. The molecule has 1 aliphatic rings. The van der Waals surface area contributed by atoms with E-state index in [4.69, 9.17) is 0 Å². The number of fused-ring (bicyclic) bond motifs is 1. The summed E-state index contributed by atoms with van der Waals surface area (Å²) in [6, 6.07) is 10.6. The van der Waals surface area contributed by atoms with Gasteiger partial charge in [-0.15, -0.1) is 22.7 Å². The van der Waals surface area contributed by atoms with Crippen molar-refractivity contribution in [2.24, 2.45) is 5.92 Å². The summed E-state index contributed by atoms with van der Waals surface area (Å²) in [4.78, 5) is 18.4. The van der Waals surface area contributed by atoms with Crippen LogP contribution < -0.4 is 5.32 Å². The molecule has 1 atom stereocenters. The number of nitrogens with one attached hydrogen (secondary N) is 1. The first-order valence-electron chi connectivity index (χ1n) is 8.98. The molecule has 1 aromatic carbocycles. The smallest absolute Gasteiger partial charge is 0.234 e. The fourth-order valence-electron chi connectivity index (χ4n) is 3.76. The number of carbonyl (C=O) groups excluding carboxylic acids is 1. The zero-order valence-corrected chi connectivity index (χ0v) is 15.7. The van der Waals surface area contributed by atoms with E-state index in [1.165, 1.54) is 58.4 Å². The second kappa shape index (κ2) is 7.67. The van der Waals surface area contributed by atoms with Crippen molar-refractivity contribution in [3.63, 3.8) is 0 Å². The van der Waals surface area contributed by atoms with Gasteiger partial charge in [0, 0.05) is 21.2 Å². The van der Waals surface area contributed by atoms with Crippen molar-refractivity contribution in [1.29, 1.82) is 0 Å². The summed E-state index contributed by atoms with van der Waals surface area (Å²) in [6.45, 7) is 0. The van der Waals surface area contributed by atoms with Crippen LogP contribution in [0.15, 0.2) is 41.9 Å². The van der Waals surface area contributed by atoms with Crippen molar-refractivity contribution in [3.05, 3.63) is 46.8 Å². The lowest BCUT2D eigenvalue weighted by atomic mass is 9.82. The molecule has 3 nitrogen and oxygen atoms in total. The molecule has 130 valence electrons. The molecule has 25 heavy (non-hydrogen) atoms. The number of anilines is 1. The van der Waals surface area contributed by atoms with E-state index >= 15 is 0 Å². The molecule has 0 aliphatic heterocycles. The average molecular weight is 371 g/mol. The second-order valence-corrected chi connectivity index (χ2v) is 8.82. The lowest BCUT2D eigenvalue weighted by molar-refractivity contribution is -0.118. The number of nitrogens with zero attached hydrogens (tertiary/aromatic N) is 1. The SMILES string of the molecule is O=C(Nc1nccs1)C(CC1CCCCC1)c1cc2ccccc2s1. The minimum Gasteiger partial charge on any atom is -0.301 e. The van der Waals surface area contributed by atoms with Crippen LogP contribution in [-0.2, 0) is 4.79 Å². The van der Waals surface area contributed by atoms with E-state index in [2.05, 4.69) is 40.6 Å². The van der Waals surface area contributed by atoms with Gasteiger partial charge in [-0.2, -0.15) is 0 Å². The van der Waals surface area contributed by atoms with E-state index in [0.29, 0.717) is 11.0 Å². The predicted molar refractivity (Wildman–Crippen MR) is 107 cm³/mol. The maximum Gasteiger partial charge on any atom is 0.234 e. The number of rotatable bonds is 5. The molecule has 1 fully saturated rings. The summed E-state index contributed by atoms with van der Waals surface area (Å²) in [6.07, 6.45) is 9.14. The Morgan fingerprint density at radius 3 is 2.84 bits per heavy atom. The van der Waals surface area contributed by atoms with Gasteiger partial charge < -0.3 is 5.32 Å². The fraction of sp³-hybridized carbons (Fsp3) is 0.400. The van der Waals surface area contributed by atoms with Gasteiger partial charge in [0.15, 0.2) is 5.13 Å². The summed E-state index contributed by atoms with van der Waals surface area (Å²) < 4.78 is 1.26. The first-order chi connectivity index (χ1) is 12.3. The first kappa shape index (κ1) is 16.7. The van der Waals surface area contributed by atoms with Gasteiger partial charge in [0.2, 0.25) is 5.91 Å². The number of thiophene rings is 1. The highest BCUT2D eigenvalue weighted by atomic mass is 32.1. The molecule has 1 saturated carbocycles. The third kappa shape index (κ3) is 3.93. The van der Waals surface area contributed by atoms with Crippen molar-refractivity contribution in [3.8, 4) is 0 Å². The maximum absolute atomic E-state index is 13.0. The fourth-order valence-corrected chi connectivity index (χ4v) is 5.47. The van der Waals surface area contributed by atoms with E-state index in [9.17, 15) is 4.79 Å². The summed E-state index contributed by atoms with van der Waals surface area (Å²) in [7, 11) is 0. The van der Waals surface area contributed by atoms with Gasteiger partial charge in [-0.05, 0) is 29.9 Å². The van der Waals surface area contributed by atoms with Crippen molar-refractivity contribution in [2.75, 3.05) is 5.32 Å². The highest BCUT2D eigenvalue weighted by Gasteiger charge is 2.27. The normalized spacial score (nSPS) is 16.8. The molecule has 2 heterocycles. The molecular formula is C20H22N2OS2. The molecule has 0 bridgehead atoms. The maximum atomic E-state index is 13.0. The number of amides is 1. The molecular weight excluding hydrogens is 348 g/mol. The Morgan fingerprint density at radius 1 is 1.24 bits per heavy atom. The summed E-state index contributed by atoms with van der Waals surface area (Å²) in [5.41, 5.74) is 0. The lowest BCUT2D eigenvalue weighted by Gasteiger charge is -2.25. The second-order valence-electron chi connectivity index (χ2n) is 6.81. The lowest BCUT2D eigenvalue weighted by Crippen LogP contribution is -2.23. The van der Waals surface area contributed by atoms with Gasteiger partial charge in [-0.3, -0.25) is 4.79 Å². The number of hydrogen-bond acceptors (Lipinski definition) is 4. The van der Waals surface area contributed by atoms with Crippen molar-refractivity contribution in [1.82, 2.24) is 4.98 Å². The van der Waals surface area contributed by atoms with Crippen LogP contribution in [0.5, 0.6) is 0 Å². The van der Waals surface area contributed by atoms with Crippen LogP contribution in [0.25, 0.3) is 10.1 Å². The minimum atomic E-state index is -0.0793. The summed E-state index contributed by atoms with van der Waals surface area (Å²) in [5.74, 6) is 0.669. The predicted octanol–water partition coefficient (Wildman–Crippen LogP) is 6.05. The van der Waals surface area contributed by atoms with Crippen LogP contribution in [0.1, 0.15) is 49.3 Å². The van der Waals surface area contributed by atoms with Crippen molar-refractivity contribution >= 4 is 43.8 Å². The molecule has 1 amide bonds. The molecule has 0 radical (unpaired) electrons. The van der Waals surface area contributed by atoms with Gasteiger partial charge in [0.1, 0.15) is 0 Å². The number of thiazole rings is 1. The Labute approximate surface area is 156 Å². The average Bonchev–Trinajstić information content (AvgIpc) is 3.29. The van der Waals surface area contributed by atoms with E-state index in [-0.39, 0.29) is 11.8 Å². The van der Waals surface area contributed by atoms with Crippen LogP contribution in [0.3, 0.4) is 0 Å². The zero-order valence-electron chi connectivity index (χ0n) is 14.1. The van der Waals surface area contributed by atoms with E-state index in [0.717, 1.165) is 6.42 Å². The van der Waals surface area contributed by atoms with Crippen molar-refractivity contribution in [2.45, 2.75) is 44.4 Å². The minimum absolute atomic E-state index is 0.0793. The van der Waals surface area contributed by atoms with Gasteiger partial charge in [-0.25, -0.2) is 4.98 Å². The highest BCUT2D eigenvalue weighted by Crippen LogP contribution is 2.38. The standard InChI is InChI=1S/C20H22N2OS2/c23-19(22-20-21-10-11-24-20)16(12-14-6-2-1-3-7-14)18-13-15-8-4-5-9-17(15)25-18/h4-5,8-11,13-14,16H,1-3,6-7,12H2,(H,21,22,23). The Bertz CT molecular complexity index is 801. The highest BCUT2D eigenvalue weighted by molar-refractivity contribution is 7.19. The summed E-state index contributed by atoms with van der Waals surface area (Å²) >= 11 is 3.23. The van der Waals surface area contributed by atoms with E-state index in [1.54, 1.807) is 17.5 Å². The third-order valence-electron chi connectivity index (χ3n) is 5.06. The number of aromatic nitrogens is 1. The quantitative estimate of drug-likeness (QED) is 0.594. The molecule has 2 aromatic heterocycles. The molecule has 1 unspecified atom stereocenters. The zero-order chi connectivity index (χ0) is 17.1. The van der Waals surface area contributed by atoms with Gasteiger partial charge in [0.05, 0.1) is 5.92 Å². The Hall–Kier alpha value is -1.72. The summed E-state index contributed by atoms with van der Waals surface area (Å²) in [5, 5.41) is 6.85. The van der Waals surface area contributed by atoms with E-state index < -0.39 is 0 Å². The first-order valence-corrected chi connectivity index (χ1v) is 10.7. The monoisotopic (exact) mass is 370 g/mol. The number of benzene rings is 1. The van der Waals surface area contributed by atoms with Crippen LogP contribution in [0.4, 0.5) is 5.13 Å². The Kier molecular flexibility index (Phi) is 5.13. The largest absolute Gasteiger partial charge is 0.301 e.